The van der Waals surface area contributed by atoms with Crippen molar-refractivity contribution in [2.45, 2.75) is 45.6 Å². The Morgan fingerprint density at radius 3 is 2.80 bits per heavy atom. The highest BCUT2D eigenvalue weighted by atomic mass is 16.3. The molecule has 1 aromatic carbocycles. The van der Waals surface area contributed by atoms with Crippen LogP contribution in [0.25, 0.3) is 17.1 Å². The molecule has 1 N–H and O–H groups in total. The molecule has 30 heavy (non-hydrogen) atoms. The molecule has 3 heterocycles. The average Bonchev–Trinajstić information content (AvgIpc) is 3.43. The molecule has 1 aliphatic heterocycles. The molecule has 3 aromatic rings. The number of amides is 1. The van der Waals surface area contributed by atoms with Crippen LogP contribution in [-0.4, -0.2) is 46.3 Å². The third-order valence-corrected chi connectivity index (χ3v) is 5.84. The fourth-order valence-electron chi connectivity index (χ4n) is 4.03. The second-order valence-electron chi connectivity index (χ2n) is 8.13. The van der Waals surface area contributed by atoms with E-state index in [1.807, 2.05) is 43.3 Å². The fourth-order valence-corrected chi connectivity index (χ4v) is 4.03. The van der Waals surface area contributed by atoms with E-state index in [9.17, 15) is 4.79 Å². The molecular formula is C24H30N4O2. The molecule has 1 fully saturated rings. The molecule has 6 heteroatoms. The summed E-state index contributed by atoms with van der Waals surface area (Å²) in [4.78, 5) is 15.5. The van der Waals surface area contributed by atoms with Gasteiger partial charge < -0.3 is 14.6 Å². The number of carbonyl (C=O) groups excluding carboxylic acids is 1. The molecule has 1 amide bonds. The lowest BCUT2D eigenvalue weighted by atomic mass is 10.0. The SMILES string of the molecule is Cc1ccc(-n2nc(-c3ccco3)cc2C(=O)NCCCN2CCCCC2C)cc1. The van der Waals surface area contributed by atoms with Gasteiger partial charge in [-0.3, -0.25) is 4.79 Å². The molecule has 0 bridgehead atoms. The van der Waals surface area contributed by atoms with E-state index in [2.05, 4.69) is 22.2 Å². The highest BCUT2D eigenvalue weighted by molar-refractivity contribution is 5.94. The molecule has 4 rings (SSSR count). The monoisotopic (exact) mass is 406 g/mol. The molecule has 0 aliphatic carbocycles. The van der Waals surface area contributed by atoms with Gasteiger partial charge in [-0.05, 0) is 63.9 Å². The molecule has 0 spiro atoms. The van der Waals surface area contributed by atoms with E-state index in [4.69, 9.17) is 4.42 Å². The number of benzene rings is 1. The highest BCUT2D eigenvalue weighted by Crippen LogP contribution is 2.22. The van der Waals surface area contributed by atoms with Crippen molar-refractivity contribution in [1.82, 2.24) is 20.0 Å². The molecule has 1 aliphatic rings. The minimum absolute atomic E-state index is 0.118. The first-order chi connectivity index (χ1) is 14.6. The maximum absolute atomic E-state index is 13.0. The molecule has 6 nitrogen and oxygen atoms in total. The van der Waals surface area contributed by atoms with Crippen LogP contribution in [0.15, 0.2) is 53.1 Å². The van der Waals surface area contributed by atoms with Gasteiger partial charge in [-0.15, -0.1) is 0 Å². The van der Waals surface area contributed by atoms with Gasteiger partial charge in [0.15, 0.2) is 5.76 Å². The summed E-state index contributed by atoms with van der Waals surface area (Å²) in [5.41, 5.74) is 3.17. The van der Waals surface area contributed by atoms with Gasteiger partial charge in [-0.25, -0.2) is 4.68 Å². The van der Waals surface area contributed by atoms with Crippen LogP contribution in [0.4, 0.5) is 0 Å². The van der Waals surface area contributed by atoms with Gasteiger partial charge in [0.05, 0.1) is 12.0 Å². The molecule has 0 radical (unpaired) electrons. The molecule has 1 unspecified atom stereocenters. The summed E-state index contributed by atoms with van der Waals surface area (Å²) >= 11 is 0. The standard InChI is InChI=1S/C24H30N4O2/c1-18-9-11-20(12-10-18)28-22(17-21(26-28)23-8-5-16-30-23)24(29)25-13-6-15-27-14-4-3-7-19(27)2/h5,8-12,16-17,19H,3-4,6-7,13-15H2,1-2H3,(H,25,29). The average molecular weight is 407 g/mol. The quantitative estimate of drug-likeness (QED) is 0.590. The summed E-state index contributed by atoms with van der Waals surface area (Å²) in [5.74, 6) is 0.529. The van der Waals surface area contributed by atoms with Gasteiger partial charge in [-0.1, -0.05) is 24.1 Å². The first-order valence-electron chi connectivity index (χ1n) is 10.8. The maximum Gasteiger partial charge on any atom is 0.270 e. The highest BCUT2D eigenvalue weighted by Gasteiger charge is 2.20. The molecule has 0 saturated carbocycles. The number of hydrogen-bond acceptors (Lipinski definition) is 4. The molecule has 2 aromatic heterocycles. The minimum Gasteiger partial charge on any atom is -0.463 e. The van der Waals surface area contributed by atoms with Crippen LogP contribution in [0.3, 0.4) is 0 Å². The van der Waals surface area contributed by atoms with Crippen molar-refractivity contribution in [3.8, 4) is 17.1 Å². The first kappa shape index (κ1) is 20.4. The summed E-state index contributed by atoms with van der Waals surface area (Å²) in [7, 11) is 0. The van der Waals surface area contributed by atoms with Crippen molar-refractivity contribution in [3.63, 3.8) is 0 Å². The van der Waals surface area contributed by atoms with Crippen molar-refractivity contribution in [3.05, 3.63) is 60.0 Å². The summed E-state index contributed by atoms with van der Waals surface area (Å²) < 4.78 is 7.18. The smallest absolute Gasteiger partial charge is 0.270 e. The van der Waals surface area contributed by atoms with Gasteiger partial charge in [0.25, 0.3) is 5.91 Å². The van der Waals surface area contributed by atoms with Crippen LogP contribution < -0.4 is 5.32 Å². The topological polar surface area (TPSA) is 63.3 Å². The van der Waals surface area contributed by atoms with Crippen molar-refractivity contribution in [2.75, 3.05) is 19.6 Å². The Kier molecular flexibility index (Phi) is 6.33. The fraction of sp³-hybridized carbons (Fsp3) is 0.417. The number of carbonyl (C=O) groups is 1. The zero-order chi connectivity index (χ0) is 20.9. The van der Waals surface area contributed by atoms with Crippen LogP contribution in [0, 0.1) is 6.92 Å². The number of furan rings is 1. The van der Waals surface area contributed by atoms with Crippen molar-refractivity contribution in [2.24, 2.45) is 0 Å². The van der Waals surface area contributed by atoms with Gasteiger partial charge in [0, 0.05) is 25.2 Å². The van der Waals surface area contributed by atoms with E-state index in [1.165, 1.54) is 25.8 Å². The van der Waals surface area contributed by atoms with Gasteiger partial charge in [0.2, 0.25) is 0 Å². The van der Waals surface area contributed by atoms with E-state index in [-0.39, 0.29) is 5.91 Å². The lowest BCUT2D eigenvalue weighted by molar-refractivity contribution is 0.0941. The maximum atomic E-state index is 13.0. The molecule has 158 valence electrons. The predicted octanol–water partition coefficient (Wildman–Crippen LogP) is 4.44. The van der Waals surface area contributed by atoms with E-state index in [0.29, 0.717) is 29.7 Å². The largest absolute Gasteiger partial charge is 0.463 e. The summed E-state index contributed by atoms with van der Waals surface area (Å²) in [6.07, 6.45) is 6.44. The Morgan fingerprint density at radius 1 is 1.23 bits per heavy atom. The van der Waals surface area contributed by atoms with Gasteiger partial charge >= 0.3 is 0 Å². The summed E-state index contributed by atoms with van der Waals surface area (Å²) in [6.45, 7) is 7.18. The van der Waals surface area contributed by atoms with E-state index in [1.54, 1.807) is 17.0 Å². The summed E-state index contributed by atoms with van der Waals surface area (Å²) in [6, 6.07) is 14.1. The number of rotatable bonds is 7. The van der Waals surface area contributed by atoms with Crippen molar-refractivity contribution < 1.29 is 9.21 Å². The molecular weight excluding hydrogens is 376 g/mol. The Morgan fingerprint density at radius 2 is 2.07 bits per heavy atom. The Labute approximate surface area is 177 Å². The summed E-state index contributed by atoms with van der Waals surface area (Å²) in [5, 5.41) is 7.72. The second kappa shape index (κ2) is 9.30. The second-order valence-corrected chi connectivity index (χ2v) is 8.13. The van der Waals surface area contributed by atoms with Gasteiger partial charge in [0.1, 0.15) is 11.4 Å². The Balaban J connectivity index is 1.46. The van der Waals surface area contributed by atoms with Crippen LogP contribution >= 0.6 is 0 Å². The third-order valence-electron chi connectivity index (χ3n) is 5.84. The molecule has 1 saturated heterocycles. The minimum atomic E-state index is -0.118. The lowest BCUT2D eigenvalue weighted by Gasteiger charge is -2.33. The van der Waals surface area contributed by atoms with E-state index >= 15 is 0 Å². The van der Waals surface area contributed by atoms with Crippen LogP contribution in [0.2, 0.25) is 0 Å². The van der Waals surface area contributed by atoms with Gasteiger partial charge in [-0.2, -0.15) is 5.10 Å². The zero-order valence-electron chi connectivity index (χ0n) is 17.8. The lowest BCUT2D eigenvalue weighted by Crippen LogP contribution is -2.39. The number of nitrogens with one attached hydrogen (secondary N) is 1. The number of nitrogens with zero attached hydrogens (tertiary/aromatic N) is 3. The van der Waals surface area contributed by atoms with E-state index in [0.717, 1.165) is 24.2 Å². The Bertz CT molecular complexity index is 960. The van der Waals surface area contributed by atoms with Crippen LogP contribution in [-0.2, 0) is 0 Å². The van der Waals surface area contributed by atoms with Crippen LogP contribution in [0.1, 0.15) is 48.7 Å². The number of aryl methyl sites for hydroxylation is 1. The Hall–Kier alpha value is -2.86. The molecule has 1 atom stereocenters. The normalized spacial score (nSPS) is 17.2. The van der Waals surface area contributed by atoms with Crippen molar-refractivity contribution >= 4 is 5.91 Å². The first-order valence-corrected chi connectivity index (χ1v) is 10.8. The predicted molar refractivity (Wildman–Crippen MR) is 118 cm³/mol. The number of hydrogen-bond donors (Lipinski definition) is 1. The number of aromatic nitrogens is 2. The van der Waals surface area contributed by atoms with E-state index < -0.39 is 0 Å². The number of likely N-dealkylation sites (tertiary alicyclic amines) is 1. The van der Waals surface area contributed by atoms with Crippen molar-refractivity contribution in [1.29, 1.82) is 0 Å². The third kappa shape index (κ3) is 4.65. The number of piperidine rings is 1. The van der Waals surface area contributed by atoms with Crippen LogP contribution in [0.5, 0.6) is 0 Å². The zero-order valence-corrected chi connectivity index (χ0v) is 17.8.